The zero-order valence-corrected chi connectivity index (χ0v) is 21.3. The van der Waals surface area contributed by atoms with Gasteiger partial charge in [0.05, 0.1) is 17.9 Å². The molecule has 6 nitrogen and oxygen atoms in total. The van der Waals surface area contributed by atoms with E-state index in [1.54, 1.807) is 12.4 Å². The number of aryl methyl sites for hydroxylation is 2. The Morgan fingerprint density at radius 1 is 1.26 bits per heavy atom. The summed E-state index contributed by atoms with van der Waals surface area (Å²) in [4.78, 5) is 25.8. The Hall–Kier alpha value is -3.25. The summed E-state index contributed by atoms with van der Waals surface area (Å²) < 4.78 is 6.29. The lowest BCUT2D eigenvalue weighted by atomic mass is 10.0. The molecule has 0 aliphatic carbocycles. The molecule has 0 atom stereocenters. The number of nitrogens with one attached hydrogen (secondary N) is 1. The molecule has 1 N–H and O–H groups in total. The Kier molecular flexibility index (Phi) is 8.40. The highest BCUT2D eigenvalue weighted by Crippen LogP contribution is 2.34. The molecule has 0 unspecified atom stereocenters. The molecule has 0 fully saturated rings. The molecule has 1 aromatic carbocycles. The highest BCUT2D eigenvalue weighted by molar-refractivity contribution is 6.32. The summed E-state index contributed by atoms with van der Waals surface area (Å²) in [6, 6.07) is 9.77. The largest absolute Gasteiger partial charge is 0.487 e. The van der Waals surface area contributed by atoms with Crippen molar-refractivity contribution in [3.05, 3.63) is 69.6 Å². The van der Waals surface area contributed by atoms with Gasteiger partial charge < -0.3 is 10.1 Å². The van der Waals surface area contributed by atoms with Gasteiger partial charge in [0, 0.05) is 45.6 Å². The number of ether oxygens (including phenoxy) is 1. The smallest absolute Gasteiger partial charge is 0.222 e. The predicted molar refractivity (Wildman–Crippen MR) is 139 cm³/mol. The quantitative estimate of drug-likeness (QED) is 0.396. The molecule has 2 heterocycles. The van der Waals surface area contributed by atoms with Gasteiger partial charge in [-0.2, -0.15) is 0 Å². The number of carbonyl (C=O) groups excluding carboxylic acids is 1. The van der Waals surface area contributed by atoms with Crippen LogP contribution in [-0.2, 0) is 17.9 Å². The molecule has 0 saturated carbocycles. The van der Waals surface area contributed by atoms with Crippen molar-refractivity contribution in [1.82, 2.24) is 15.3 Å². The molecule has 0 bridgehead atoms. The van der Waals surface area contributed by atoms with Crippen LogP contribution in [0.3, 0.4) is 0 Å². The highest BCUT2D eigenvalue weighted by Gasteiger charge is 2.15. The SMILES string of the molecule is CC=N/C(=C(\C)Cl)c1cc(C)nc2c(OCc3c(C)ccnc3CNC(=O)C(C)C)cccc12. The number of amides is 1. The van der Waals surface area contributed by atoms with E-state index >= 15 is 0 Å². The van der Waals surface area contributed by atoms with Gasteiger partial charge >= 0.3 is 0 Å². The summed E-state index contributed by atoms with van der Waals surface area (Å²) in [5.74, 6) is 0.566. The van der Waals surface area contributed by atoms with Crippen LogP contribution in [0.15, 0.2) is 46.6 Å². The van der Waals surface area contributed by atoms with E-state index in [0.717, 1.165) is 39.0 Å². The van der Waals surface area contributed by atoms with Gasteiger partial charge in [0.2, 0.25) is 5.91 Å². The van der Waals surface area contributed by atoms with Gasteiger partial charge in [-0.3, -0.25) is 14.8 Å². The Balaban J connectivity index is 1.97. The average molecular weight is 479 g/mol. The summed E-state index contributed by atoms with van der Waals surface area (Å²) in [5.41, 5.74) is 6.00. The van der Waals surface area contributed by atoms with Crippen molar-refractivity contribution in [2.75, 3.05) is 0 Å². The van der Waals surface area contributed by atoms with Crippen molar-refractivity contribution < 1.29 is 9.53 Å². The molecule has 0 aliphatic heterocycles. The van der Waals surface area contributed by atoms with Crippen molar-refractivity contribution in [1.29, 1.82) is 0 Å². The molecule has 3 aromatic rings. The monoisotopic (exact) mass is 478 g/mol. The van der Waals surface area contributed by atoms with Crippen molar-refractivity contribution in [2.24, 2.45) is 10.9 Å². The van der Waals surface area contributed by atoms with E-state index in [1.807, 2.05) is 71.9 Å². The third-order valence-electron chi connectivity index (χ3n) is 5.48. The molecule has 0 radical (unpaired) electrons. The summed E-state index contributed by atoms with van der Waals surface area (Å²) in [7, 11) is 0. The van der Waals surface area contributed by atoms with E-state index in [0.29, 0.717) is 29.6 Å². The number of aromatic nitrogens is 2. The lowest BCUT2D eigenvalue weighted by molar-refractivity contribution is -0.124. The predicted octanol–water partition coefficient (Wildman–Crippen LogP) is 6.12. The Labute approximate surface area is 206 Å². The Bertz CT molecular complexity index is 1260. The first-order valence-corrected chi connectivity index (χ1v) is 11.7. The topological polar surface area (TPSA) is 76.5 Å². The number of allylic oxidation sites excluding steroid dienone is 1. The van der Waals surface area contributed by atoms with Gasteiger partial charge in [0.25, 0.3) is 0 Å². The Morgan fingerprint density at radius 2 is 2.03 bits per heavy atom. The van der Waals surface area contributed by atoms with Crippen LogP contribution in [-0.4, -0.2) is 22.1 Å². The second kappa shape index (κ2) is 11.3. The fraction of sp³-hybridized carbons (Fsp3) is 0.333. The van der Waals surface area contributed by atoms with E-state index in [1.165, 1.54) is 0 Å². The molecule has 3 rings (SSSR count). The van der Waals surface area contributed by atoms with Gasteiger partial charge in [-0.25, -0.2) is 4.98 Å². The van der Waals surface area contributed by atoms with Crippen molar-refractivity contribution in [2.45, 2.75) is 54.7 Å². The molecule has 0 spiro atoms. The number of para-hydroxylation sites is 1. The van der Waals surface area contributed by atoms with Gasteiger partial charge in [0.1, 0.15) is 17.9 Å². The summed E-state index contributed by atoms with van der Waals surface area (Å²) in [6.07, 6.45) is 3.48. The molecule has 1 amide bonds. The number of fused-ring (bicyclic) bond motifs is 1. The molecular weight excluding hydrogens is 448 g/mol. The summed E-state index contributed by atoms with van der Waals surface area (Å²) in [5, 5.41) is 4.46. The van der Waals surface area contributed by atoms with Gasteiger partial charge in [-0.05, 0) is 51.5 Å². The minimum absolute atomic E-state index is 0.00962. The fourth-order valence-electron chi connectivity index (χ4n) is 3.66. The maximum atomic E-state index is 12.0. The first-order chi connectivity index (χ1) is 16.2. The second-order valence-electron chi connectivity index (χ2n) is 8.45. The molecule has 0 aliphatic rings. The third-order valence-corrected chi connectivity index (χ3v) is 5.65. The summed E-state index contributed by atoms with van der Waals surface area (Å²) in [6.45, 7) is 12.0. The summed E-state index contributed by atoms with van der Waals surface area (Å²) >= 11 is 6.37. The van der Waals surface area contributed by atoms with Crippen LogP contribution in [0.4, 0.5) is 0 Å². The fourth-order valence-corrected chi connectivity index (χ4v) is 3.81. The van der Waals surface area contributed by atoms with Gasteiger partial charge in [-0.1, -0.05) is 37.6 Å². The van der Waals surface area contributed by atoms with Crippen LogP contribution in [0.5, 0.6) is 5.75 Å². The number of hydrogen-bond acceptors (Lipinski definition) is 5. The Morgan fingerprint density at radius 3 is 2.71 bits per heavy atom. The number of hydrogen-bond donors (Lipinski definition) is 1. The molecule has 34 heavy (non-hydrogen) atoms. The highest BCUT2D eigenvalue weighted by atomic mass is 35.5. The van der Waals surface area contributed by atoms with Crippen LogP contribution in [0.25, 0.3) is 16.6 Å². The zero-order chi connectivity index (χ0) is 24.8. The van der Waals surface area contributed by atoms with E-state index in [9.17, 15) is 4.79 Å². The number of pyridine rings is 2. The van der Waals surface area contributed by atoms with Gasteiger partial charge in [-0.15, -0.1) is 0 Å². The van der Waals surface area contributed by atoms with E-state index in [2.05, 4.69) is 15.3 Å². The first-order valence-electron chi connectivity index (χ1n) is 11.3. The van der Waals surface area contributed by atoms with Crippen LogP contribution in [0.2, 0.25) is 0 Å². The number of nitrogens with zero attached hydrogens (tertiary/aromatic N) is 3. The zero-order valence-electron chi connectivity index (χ0n) is 20.6. The first kappa shape index (κ1) is 25.4. The third kappa shape index (κ3) is 5.81. The van der Waals surface area contributed by atoms with Crippen LogP contribution >= 0.6 is 11.6 Å². The van der Waals surface area contributed by atoms with Crippen LogP contribution < -0.4 is 10.1 Å². The standard InChI is InChI=1S/C27H31ClN4O2/c1-7-29-25(19(6)28)21-13-18(5)32-26-20(21)9-8-10-24(26)34-15-22-17(4)11-12-30-23(22)14-31-27(33)16(2)3/h7-13,16H,14-15H2,1-6H3,(H,31,33)/b25-19+,29-7?. The molecular formula is C27H31ClN4O2. The molecule has 0 saturated heterocycles. The van der Waals surface area contributed by atoms with Crippen molar-refractivity contribution in [3.8, 4) is 5.75 Å². The molecule has 178 valence electrons. The van der Waals surface area contributed by atoms with Crippen LogP contribution in [0, 0.1) is 19.8 Å². The lowest BCUT2D eigenvalue weighted by Gasteiger charge is -2.16. The average Bonchev–Trinajstić information content (AvgIpc) is 2.79. The number of rotatable bonds is 8. The van der Waals surface area contributed by atoms with Crippen LogP contribution in [0.1, 0.15) is 55.8 Å². The second-order valence-corrected chi connectivity index (χ2v) is 9.01. The minimum atomic E-state index is -0.0868. The number of aliphatic imine (C=N–C) groups is 1. The lowest BCUT2D eigenvalue weighted by Crippen LogP contribution is -2.28. The van der Waals surface area contributed by atoms with Crippen molar-refractivity contribution in [3.63, 3.8) is 0 Å². The van der Waals surface area contributed by atoms with E-state index < -0.39 is 0 Å². The normalized spacial score (nSPS) is 12.4. The number of carbonyl (C=O) groups is 1. The number of halogens is 1. The molecule has 7 heteroatoms. The maximum absolute atomic E-state index is 12.0. The van der Waals surface area contributed by atoms with Crippen molar-refractivity contribution >= 4 is 40.3 Å². The molecule has 2 aromatic heterocycles. The van der Waals surface area contributed by atoms with E-state index in [4.69, 9.17) is 21.3 Å². The van der Waals surface area contributed by atoms with E-state index in [-0.39, 0.29) is 11.8 Å². The van der Waals surface area contributed by atoms with Gasteiger partial charge in [0.15, 0.2) is 0 Å². The minimum Gasteiger partial charge on any atom is -0.487 e. The number of benzene rings is 1. The maximum Gasteiger partial charge on any atom is 0.222 e.